The number of aryl methyl sites for hydroxylation is 1. The molecule has 1 atom stereocenters. The van der Waals surface area contributed by atoms with Crippen molar-refractivity contribution in [3.05, 3.63) is 83.0 Å². The number of methoxy groups -OCH3 is 1. The van der Waals surface area contributed by atoms with Crippen molar-refractivity contribution in [2.75, 3.05) is 20.3 Å². The molecular formula is C26H28F2N4O3. The smallest absolute Gasteiger partial charge is 0.250 e. The Morgan fingerprint density at radius 1 is 1.20 bits per heavy atom. The third-order valence-corrected chi connectivity index (χ3v) is 6.07. The number of hydrogen-bond donors (Lipinski definition) is 1. The SMILES string of the molecule is COc1cc(/C=C2\CCCN(C(CCON)c3cc(F)cc(F)c3)C2=O)ccc1-n1cnc(C)c1. The van der Waals surface area contributed by atoms with Gasteiger partial charge in [-0.25, -0.2) is 19.7 Å². The van der Waals surface area contributed by atoms with Gasteiger partial charge in [0, 0.05) is 24.4 Å². The van der Waals surface area contributed by atoms with Crippen LogP contribution in [0.4, 0.5) is 8.78 Å². The molecule has 1 unspecified atom stereocenters. The Morgan fingerprint density at radius 2 is 1.97 bits per heavy atom. The van der Waals surface area contributed by atoms with Crippen LogP contribution in [0.25, 0.3) is 11.8 Å². The number of benzene rings is 2. The quantitative estimate of drug-likeness (QED) is 0.378. The Morgan fingerprint density at radius 3 is 2.63 bits per heavy atom. The summed E-state index contributed by atoms with van der Waals surface area (Å²) in [7, 11) is 1.59. The summed E-state index contributed by atoms with van der Waals surface area (Å²) in [5, 5.41) is 0. The van der Waals surface area contributed by atoms with Gasteiger partial charge in [-0.15, -0.1) is 0 Å². The van der Waals surface area contributed by atoms with Crippen molar-refractivity contribution < 1.29 is 23.1 Å². The van der Waals surface area contributed by atoms with E-state index in [9.17, 15) is 13.6 Å². The molecule has 0 bridgehead atoms. The number of rotatable bonds is 8. The maximum Gasteiger partial charge on any atom is 0.250 e. The number of nitrogens with zero attached hydrogens (tertiary/aromatic N) is 3. The Labute approximate surface area is 202 Å². The zero-order chi connectivity index (χ0) is 24.9. The van der Waals surface area contributed by atoms with Gasteiger partial charge < -0.3 is 19.0 Å². The van der Waals surface area contributed by atoms with Crippen LogP contribution in [-0.4, -0.2) is 40.6 Å². The molecule has 1 aromatic heterocycles. The molecule has 1 saturated heterocycles. The molecule has 1 amide bonds. The second kappa shape index (κ2) is 10.8. The highest BCUT2D eigenvalue weighted by Gasteiger charge is 2.31. The molecule has 9 heteroatoms. The Balaban J connectivity index is 1.63. The van der Waals surface area contributed by atoms with Gasteiger partial charge >= 0.3 is 0 Å². The van der Waals surface area contributed by atoms with Crippen LogP contribution < -0.4 is 10.6 Å². The van der Waals surface area contributed by atoms with Gasteiger partial charge in [-0.05, 0) is 67.7 Å². The first kappa shape index (κ1) is 24.6. The molecule has 1 aliphatic rings. The van der Waals surface area contributed by atoms with Gasteiger partial charge in [0.1, 0.15) is 17.4 Å². The number of aromatic nitrogens is 2. The van der Waals surface area contributed by atoms with Crippen molar-refractivity contribution in [2.45, 2.75) is 32.2 Å². The topological polar surface area (TPSA) is 82.6 Å². The summed E-state index contributed by atoms with van der Waals surface area (Å²) < 4.78 is 35.3. The van der Waals surface area contributed by atoms with Gasteiger partial charge in [0.05, 0.1) is 37.5 Å². The lowest BCUT2D eigenvalue weighted by atomic mass is 9.95. The van der Waals surface area contributed by atoms with Crippen molar-refractivity contribution in [1.29, 1.82) is 0 Å². The number of likely N-dealkylation sites (tertiary alicyclic amines) is 1. The maximum atomic E-state index is 13.9. The number of carbonyl (C=O) groups is 1. The molecule has 184 valence electrons. The minimum absolute atomic E-state index is 0.137. The molecule has 0 saturated carbocycles. The van der Waals surface area contributed by atoms with Gasteiger partial charge in [0.25, 0.3) is 0 Å². The van der Waals surface area contributed by atoms with Crippen LogP contribution in [0.2, 0.25) is 0 Å². The number of ether oxygens (including phenoxy) is 1. The van der Waals surface area contributed by atoms with Gasteiger partial charge in [0.15, 0.2) is 0 Å². The third kappa shape index (κ3) is 5.58. The number of amides is 1. The zero-order valence-corrected chi connectivity index (χ0v) is 19.7. The minimum atomic E-state index is -0.695. The minimum Gasteiger partial charge on any atom is -0.495 e. The molecule has 2 heterocycles. The normalized spacial score (nSPS) is 16.1. The number of nitrogens with two attached hydrogens (primary N) is 1. The maximum absolute atomic E-state index is 13.9. The van der Waals surface area contributed by atoms with Crippen LogP contribution in [0.15, 0.2) is 54.5 Å². The van der Waals surface area contributed by atoms with E-state index in [0.29, 0.717) is 36.3 Å². The second-order valence-corrected chi connectivity index (χ2v) is 8.50. The molecule has 0 spiro atoms. The van der Waals surface area contributed by atoms with Crippen LogP contribution in [0, 0.1) is 18.6 Å². The lowest BCUT2D eigenvalue weighted by Gasteiger charge is -2.36. The highest BCUT2D eigenvalue weighted by molar-refractivity contribution is 5.98. The Kier molecular flexibility index (Phi) is 7.57. The number of carbonyl (C=O) groups excluding carboxylic acids is 1. The second-order valence-electron chi connectivity index (χ2n) is 8.50. The highest BCUT2D eigenvalue weighted by atomic mass is 19.1. The molecule has 1 aliphatic heterocycles. The molecule has 35 heavy (non-hydrogen) atoms. The largest absolute Gasteiger partial charge is 0.495 e. The van der Waals surface area contributed by atoms with Gasteiger partial charge in [0.2, 0.25) is 5.91 Å². The summed E-state index contributed by atoms with van der Waals surface area (Å²) >= 11 is 0. The summed E-state index contributed by atoms with van der Waals surface area (Å²) in [6.07, 6.45) is 7.08. The van der Waals surface area contributed by atoms with Crippen molar-refractivity contribution in [1.82, 2.24) is 14.5 Å². The first-order chi connectivity index (χ1) is 16.9. The van der Waals surface area contributed by atoms with E-state index < -0.39 is 17.7 Å². The van der Waals surface area contributed by atoms with Crippen LogP contribution in [0.1, 0.15) is 42.1 Å². The monoisotopic (exact) mass is 482 g/mol. The molecule has 2 N–H and O–H groups in total. The van der Waals surface area contributed by atoms with E-state index in [1.165, 1.54) is 12.1 Å². The fourth-order valence-corrected chi connectivity index (χ4v) is 4.47. The Hall–Kier alpha value is -3.56. The highest BCUT2D eigenvalue weighted by Crippen LogP contribution is 2.33. The standard InChI is InChI=1S/C26H28F2N4O3/c1-17-15-31(16-30-17)24-6-5-18(11-25(24)34-2)10-19-4-3-8-32(26(19)33)23(7-9-35-29)20-12-21(27)14-22(28)13-20/h5-6,10-16,23H,3-4,7-9,29H2,1-2H3/b19-10+. The fraction of sp³-hybridized carbons (Fsp3) is 0.308. The van der Waals surface area contributed by atoms with Gasteiger partial charge in [-0.1, -0.05) is 6.07 Å². The van der Waals surface area contributed by atoms with Crippen molar-refractivity contribution in [3.63, 3.8) is 0 Å². The van der Waals surface area contributed by atoms with Crippen LogP contribution in [-0.2, 0) is 9.63 Å². The molecule has 7 nitrogen and oxygen atoms in total. The van der Waals surface area contributed by atoms with Crippen LogP contribution in [0.5, 0.6) is 5.75 Å². The predicted molar refractivity (Wildman–Crippen MR) is 128 cm³/mol. The van der Waals surface area contributed by atoms with E-state index in [0.717, 1.165) is 29.4 Å². The summed E-state index contributed by atoms with van der Waals surface area (Å²) in [4.78, 5) is 24.1. The van der Waals surface area contributed by atoms with E-state index in [4.69, 9.17) is 15.5 Å². The first-order valence-electron chi connectivity index (χ1n) is 11.4. The van der Waals surface area contributed by atoms with Crippen LogP contribution >= 0.6 is 0 Å². The molecule has 1 fully saturated rings. The van der Waals surface area contributed by atoms with Gasteiger partial charge in [-0.2, -0.15) is 0 Å². The molecule has 0 radical (unpaired) electrons. The molecule has 2 aromatic carbocycles. The number of piperidine rings is 1. The molecule has 0 aliphatic carbocycles. The average Bonchev–Trinajstić information content (AvgIpc) is 3.26. The summed E-state index contributed by atoms with van der Waals surface area (Å²) in [5.41, 5.74) is 3.52. The third-order valence-electron chi connectivity index (χ3n) is 6.07. The summed E-state index contributed by atoms with van der Waals surface area (Å²) in [5.74, 6) is 4.28. The number of imidazole rings is 1. The molecule has 3 aromatic rings. The van der Waals surface area contributed by atoms with E-state index >= 15 is 0 Å². The fourth-order valence-electron chi connectivity index (χ4n) is 4.47. The lowest BCUT2D eigenvalue weighted by Crippen LogP contribution is -2.40. The van der Waals surface area contributed by atoms with Crippen molar-refractivity contribution >= 4 is 12.0 Å². The van der Waals surface area contributed by atoms with E-state index in [2.05, 4.69) is 4.98 Å². The first-order valence-corrected chi connectivity index (χ1v) is 11.4. The van der Waals surface area contributed by atoms with Gasteiger partial charge in [-0.3, -0.25) is 4.79 Å². The van der Waals surface area contributed by atoms with Crippen molar-refractivity contribution in [3.8, 4) is 11.4 Å². The van der Waals surface area contributed by atoms with E-state index in [1.807, 2.05) is 42.0 Å². The molecular weight excluding hydrogens is 454 g/mol. The predicted octanol–water partition coefficient (Wildman–Crippen LogP) is 4.50. The van der Waals surface area contributed by atoms with Crippen molar-refractivity contribution in [2.24, 2.45) is 5.90 Å². The lowest BCUT2D eigenvalue weighted by molar-refractivity contribution is -0.131. The number of hydrogen-bond acceptors (Lipinski definition) is 5. The van der Waals surface area contributed by atoms with Crippen LogP contribution in [0.3, 0.4) is 0 Å². The Bertz CT molecular complexity index is 1220. The van der Waals surface area contributed by atoms with E-state index in [1.54, 1.807) is 18.3 Å². The molecule has 4 rings (SSSR count). The number of halogens is 2. The zero-order valence-electron chi connectivity index (χ0n) is 19.7. The average molecular weight is 483 g/mol. The van der Waals surface area contributed by atoms with E-state index in [-0.39, 0.29) is 12.5 Å². The summed E-state index contributed by atoms with van der Waals surface area (Å²) in [6, 6.07) is 8.43. The summed E-state index contributed by atoms with van der Waals surface area (Å²) in [6.45, 7) is 2.51.